The van der Waals surface area contributed by atoms with Crippen molar-refractivity contribution in [3.05, 3.63) is 163 Å². The van der Waals surface area contributed by atoms with Gasteiger partial charge in [-0.25, -0.2) is 9.97 Å². The highest BCUT2D eigenvalue weighted by molar-refractivity contribution is 6.11. The van der Waals surface area contributed by atoms with E-state index in [1.807, 2.05) is 30.3 Å². The van der Waals surface area contributed by atoms with Crippen LogP contribution in [-0.4, -0.2) is 19.1 Å². The highest BCUT2D eigenvalue weighted by atomic mass is 16.5. The lowest BCUT2D eigenvalue weighted by atomic mass is 9.98. The third-order valence-electron chi connectivity index (χ3n) is 11.2. The average molecular weight is 679 g/mol. The summed E-state index contributed by atoms with van der Waals surface area (Å²) in [5, 5.41) is 7.15. The quantitative estimate of drug-likeness (QED) is 0.187. The van der Waals surface area contributed by atoms with E-state index in [9.17, 15) is 0 Å². The van der Waals surface area contributed by atoms with Crippen LogP contribution in [0.15, 0.2) is 152 Å². The van der Waals surface area contributed by atoms with Crippen molar-refractivity contribution in [1.82, 2.24) is 19.1 Å². The number of nitrogens with zero attached hydrogens (tertiary/aromatic N) is 4. The summed E-state index contributed by atoms with van der Waals surface area (Å²) in [5.41, 5.74) is 12.2. The first-order valence-corrected chi connectivity index (χ1v) is 18.2. The lowest BCUT2D eigenvalue weighted by molar-refractivity contribution is 0.486. The van der Waals surface area contributed by atoms with Crippen LogP contribution in [0.5, 0.6) is 11.5 Å². The Kier molecular flexibility index (Phi) is 5.83. The Bertz CT molecular complexity index is 3220. The van der Waals surface area contributed by atoms with E-state index < -0.39 is 0 Å². The maximum atomic E-state index is 6.31. The van der Waals surface area contributed by atoms with Gasteiger partial charge in [0.2, 0.25) is 5.95 Å². The van der Waals surface area contributed by atoms with E-state index in [0.717, 1.165) is 74.5 Å². The van der Waals surface area contributed by atoms with Crippen molar-refractivity contribution in [3.8, 4) is 45.5 Å². The third-order valence-corrected chi connectivity index (χ3v) is 11.2. The number of hydrogen-bond donors (Lipinski definition) is 0. The van der Waals surface area contributed by atoms with Gasteiger partial charge < -0.3 is 9.30 Å². The number of aromatic nitrogens is 4. The molecule has 4 heterocycles. The second kappa shape index (κ2) is 10.8. The van der Waals surface area contributed by atoms with E-state index in [4.69, 9.17) is 14.7 Å². The van der Waals surface area contributed by atoms with E-state index in [2.05, 4.69) is 137 Å². The molecule has 0 unspecified atom stereocenters. The molecule has 0 saturated heterocycles. The number of allylic oxidation sites excluding steroid dienone is 1. The molecule has 5 nitrogen and oxygen atoms in total. The smallest absolute Gasteiger partial charge is 0.235 e. The van der Waals surface area contributed by atoms with Crippen molar-refractivity contribution in [2.75, 3.05) is 0 Å². The van der Waals surface area contributed by atoms with Crippen molar-refractivity contribution in [2.24, 2.45) is 0 Å². The largest absolute Gasteiger partial charge is 0.456 e. The molecule has 10 aromatic rings. The van der Waals surface area contributed by atoms with Crippen LogP contribution in [0.1, 0.15) is 17.7 Å². The van der Waals surface area contributed by atoms with Crippen molar-refractivity contribution in [3.63, 3.8) is 0 Å². The van der Waals surface area contributed by atoms with Gasteiger partial charge >= 0.3 is 0 Å². The van der Waals surface area contributed by atoms with Crippen LogP contribution in [0.3, 0.4) is 0 Å². The summed E-state index contributed by atoms with van der Waals surface area (Å²) in [6.45, 7) is 0. The second-order valence-corrected chi connectivity index (χ2v) is 14.1. The molecule has 248 valence electrons. The Morgan fingerprint density at radius 3 is 2.23 bits per heavy atom. The zero-order valence-corrected chi connectivity index (χ0v) is 28.6. The van der Waals surface area contributed by atoms with Gasteiger partial charge in [0, 0.05) is 27.4 Å². The van der Waals surface area contributed by atoms with Gasteiger partial charge in [-0.3, -0.25) is 4.57 Å². The van der Waals surface area contributed by atoms with E-state index in [-0.39, 0.29) is 0 Å². The summed E-state index contributed by atoms with van der Waals surface area (Å²) < 4.78 is 11.0. The molecule has 0 atom stereocenters. The standard InChI is InChI=1S/C48H30N4O/c1-2-11-30-26-33(23-20-29(30)10-1)51-40-16-6-3-12-34(40)36-24-21-31(27-42(36)51)32-22-25-37-35-13-4-7-17-41(35)52(43(37)28-32)48-49-39-15-9-19-45-46(39)47(50-48)38-14-5-8-18-44(38)53-45/h1-3,5-12,14-28H,4,13H2. The molecule has 0 N–H and O–H groups in total. The zero-order valence-electron chi connectivity index (χ0n) is 28.6. The summed E-state index contributed by atoms with van der Waals surface area (Å²) in [5.74, 6) is 2.28. The zero-order chi connectivity index (χ0) is 34.6. The first-order chi connectivity index (χ1) is 26.3. The van der Waals surface area contributed by atoms with Crippen LogP contribution in [0.4, 0.5) is 0 Å². The fraction of sp³-hybridized carbons (Fsp3) is 0.0417. The van der Waals surface area contributed by atoms with Crippen LogP contribution in [0.25, 0.3) is 94.5 Å². The molecule has 5 heteroatoms. The van der Waals surface area contributed by atoms with Crippen LogP contribution < -0.4 is 4.74 Å². The van der Waals surface area contributed by atoms with Gasteiger partial charge in [-0.1, -0.05) is 97.1 Å². The minimum Gasteiger partial charge on any atom is -0.456 e. The van der Waals surface area contributed by atoms with Gasteiger partial charge in [0.15, 0.2) is 0 Å². The van der Waals surface area contributed by atoms with Gasteiger partial charge in [-0.15, -0.1) is 0 Å². The Morgan fingerprint density at radius 2 is 1.30 bits per heavy atom. The maximum absolute atomic E-state index is 6.31. The molecule has 2 aliphatic rings. The fourth-order valence-electron chi connectivity index (χ4n) is 8.76. The second-order valence-electron chi connectivity index (χ2n) is 14.1. The first-order valence-electron chi connectivity index (χ1n) is 18.2. The van der Waals surface area contributed by atoms with Crippen LogP contribution in [0, 0.1) is 0 Å². The molecular weight excluding hydrogens is 649 g/mol. The van der Waals surface area contributed by atoms with Crippen LogP contribution in [0.2, 0.25) is 0 Å². The van der Waals surface area contributed by atoms with Gasteiger partial charge in [-0.2, -0.15) is 0 Å². The number of para-hydroxylation sites is 2. The molecular formula is C48H30N4O. The molecule has 0 radical (unpaired) electrons. The Labute approximate surface area is 304 Å². The number of benzene rings is 7. The molecule has 0 fully saturated rings. The monoisotopic (exact) mass is 678 g/mol. The van der Waals surface area contributed by atoms with Crippen LogP contribution in [-0.2, 0) is 6.42 Å². The number of hydrogen-bond acceptors (Lipinski definition) is 3. The Morgan fingerprint density at radius 1 is 0.547 bits per heavy atom. The summed E-state index contributed by atoms with van der Waals surface area (Å²) in [6.07, 6.45) is 6.51. The highest BCUT2D eigenvalue weighted by Crippen LogP contribution is 2.46. The molecule has 1 aliphatic carbocycles. The molecule has 0 amide bonds. The fourth-order valence-corrected chi connectivity index (χ4v) is 8.76. The number of rotatable bonds is 3. The normalized spacial score (nSPS) is 13.2. The molecule has 0 spiro atoms. The van der Waals surface area contributed by atoms with Crippen molar-refractivity contribution >= 4 is 60.5 Å². The number of fused-ring (bicyclic) bond motifs is 9. The maximum Gasteiger partial charge on any atom is 0.235 e. The Balaban J connectivity index is 1.09. The minimum atomic E-state index is 0.670. The van der Waals surface area contributed by atoms with E-state index in [0.29, 0.717) is 5.95 Å². The number of aryl methyl sites for hydroxylation is 1. The first kappa shape index (κ1) is 28.7. The summed E-state index contributed by atoms with van der Waals surface area (Å²) in [7, 11) is 0. The third kappa shape index (κ3) is 4.13. The predicted octanol–water partition coefficient (Wildman–Crippen LogP) is 12.2. The van der Waals surface area contributed by atoms with Crippen molar-refractivity contribution < 1.29 is 4.74 Å². The Hall–Kier alpha value is -6.98. The van der Waals surface area contributed by atoms with E-state index in [1.165, 1.54) is 43.5 Å². The highest BCUT2D eigenvalue weighted by Gasteiger charge is 2.26. The average Bonchev–Trinajstić information content (AvgIpc) is 3.73. The SMILES string of the molecule is C1=Cc2c(c3ccc(-c4ccc5c6ccccc6n(-c6ccc7ccccc7c6)c5c4)cc3n2-c2nc3c4c(cccc4n2)Oc2ccccc2-3)CC1. The van der Waals surface area contributed by atoms with Gasteiger partial charge in [0.1, 0.15) is 11.5 Å². The summed E-state index contributed by atoms with van der Waals surface area (Å²) in [6, 6.07) is 52.1. The van der Waals surface area contributed by atoms with Gasteiger partial charge in [0.25, 0.3) is 0 Å². The lowest BCUT2D eigenvalue weighted by Gasteiger charge is -2.21. The van der Waals surface area contributed by atoms with Crippen molar-refractivity contribution in [1.29, 1.82) is 0 Å². The lowest BCUT2D eigenvalue weighted by Crippen LogP contribution is -2.08. The summed E-state index contributed by atoms with van der Waals surface area (Å²) in [4.78, 5) is 10.6. The number of ether oxygens (including phenoxy) is 1. The molecule has 1 aliphatic heterocycles. The molecule has 7 aromatic carbocycles. The molecule has 53 heavy (non-hydrogen) atoms. The van der Waals surface area contributed by atoms with Gasteiger partial charge in [0.05, 0.1) is 38.8 Å². The molecule has 12 rings (SSSR count). The molecule has 0 saturated carbocycles. The van der Waals surface area contributed by atoms with E-state index >= 15 is 0 Å². The predicted molar refractivity (Wildman–Crippen MR) is 217 cm³/mol. The summed E-state index contributed by atoms with van der Waals surface area (Å²) >= 11 is 0. The van der Waals surface area contributed by atoms with Gasteiger partial charge in [-0.05, 0) is 101 Å². The van der Waals surface area contributed by atoms with E-state index in [1.54, 1.807) is 0 Å². The minimum absolute atomic E-state index is 0.670. The molecule has 0 bridgehead atoms. The van der Waals surface area contributed by atoms with Crippen molar-refractivity contribution in [2.45, 2.75) is 12.8 Å². The van der Waals surface area contributed by atoms with Crippen LogP contribution >= 0.6 is 0 Å². The molecule has 3 aromatic heterocycles. The topological polar surface area (TPSA) is 44.9 Å².